The number of primary amides is 1. The van der Waals surface area contributed by atoms with Crippen LogP contribution < -0.4 is 16.6 Å². The number of nitrogens with one attached hydrogen (secondary N) is 2. The number of piperidine rings is 1. The highest BCUT2D eigenvalue weighted by Crippen LogP contribution is 2.51. The lowest BCUT2D eigenvalue weighted by atomic mass is 9.55. The lowest BCUT2D eigenvalue weighted by molar-refractivity contribution is -0.120. The summed E-state index contributed by atoms with van der Waals surface area (Å²) in [5, 5.41) is 13.2. The van der Waals surface area contributed by atoms with E-state index in [2.05, 4.69) is 29.0 Å². The van der Waals surface area contributed by atoms with Gasteiger partial charge in [-0.1, -0.05) is 26.3 Å². The molecule has 1 aliphatic heterocycles. The maximum Gasteiger partial charge on any atom is 0.261 e. The summed E-state index contributed by atoms with van der Waals surface area (Å²) in [7, 11) is 0. The number of fused-ring (bicyclic) bond motifs is 2. The molecule has 1 aromatic heterocycles. The van der Waals surface area contributed by atoms with Gasteiger partial charge in [-0.05, 0) is 112 Å². The number of pyridine rings is 1. The fourth-order valence-electron chi connectivity index (χ4n) is 7.50. The van der Waals surface area contributed by atoms with Crippen molar-refractivity contribution >= 4 is 11.8 Å². The highest BCUT2D eigenvalue weighted by atomic mass is 16.3. The van der Waals surface area contributed by atoms with Gasteiger partial charge in [-0.3, -0.25) is 14.4 Å². The quantitative estimate of drug-likeness (QED) is 0.401. The van der Waals surface area contributed by atoms with E-state index in [0.717, 1.165) is 54.2 Å². The zero-order valence-corrected chi connectivity index (χ0v) is 24.3. The van der Waals surface area contributed by atoms with Crippen molar-refractivity contribution in [2.45, 2.75) is 90.1 Å². The lowest BCUT2D eigenvalue weighted by Gasteiger charge is -2.56. The van der Waals surface area contributed by atoms with Crippen LogP contribution in [0.5, 0.6) is 5.75 Å². The van der Waals surface area contributed by atoms with Crippen LogP contribution in [0, 0.1) is 24.7 Å². The van der Waals surface area contributed by atoms with Crippen LogP contribution in [0.2, 0.25) is 0 Å². The number of nitrogens with two attached hydrogens (primary N) is 1. The molecule has 2 fully saturated rings. The molecule has 0 radical (unpaired) electrons. The van der Waals surface area contributed by atoms with Gasteiger partial charge in [-0.2, -0.15) is 0 Å². The summed E-state index contributed by atoms with van der Waals surface area (Å²) in [4.78, 5) is 44.1. The third-order valence-electron chi connectivity index (χ3n) is 9.94. The summed E-state index contributed by atoms with van der Waals surface area (Å²) in [6.07, 6.45) is 6.64. The molecule has 0 spiro atoms. The molecule has 4 unspecified atom stereocenters. The molecular formula is C32H44N4O4. The van der Waals surface area contributed by atoms with E-state index in [1.165, 1.54) is 19.3 Å². The van der Waals surface area contributed by atoms with Crippen molar-refractivity contribution in [1.29, 1.82) is 0 Å². The maximum absolute atomic E-state index is 13.2. The Morgan fingerprint density at radius 2 is 2.00 bits per heavy atom. The van der Waals surface area contributed by atoms with Gasteiger partial charge in [-0.25, -0.2) is 0 Å². The minimum absolute atomic E-state index is 0.0181. The Kier molecular flexibility index (Phi) is 7.83. The number of aromatic nitrogens is 1. The van der Waals surface area contributed by atoms with Crippen molar-refractivity contribution in [3.8, 4) is 5.75 Å². The van der Waals surface area contributed by atoms with Crippen LogP contribution >= 0.6 is 0 Å². The van der Waals surface area contributed by atoms with E-state index < -0.39 is 23.4 Å². The number of phenolic OH excluding ortho intramolecular Hbond substituents is 1. The molecule has 8 nitrogen and oxygen atoms in total. The maximum atomic E-state index is 13.2. The number of nitrogens with zero attached hydrogens (tertiary/aromatic N) is 1. The van der Waals surface area contributed by atoms with E-state index >= 15 is 0 Å². The van der Waals surface area contributed by atoms with Crippen LogP contribution in [0.15, 0.2) is 29.1 Å². The van der Waals surface area contributed by atoms with Crippen LogP contribution in [0.1, 0.15) is 85.6 Å². The molecule has 2 amide bonds. The Balaban J connectivity index is 1.51. The smallest absolute Gasteiger partial charge is 0.261 e. The molecule has 2 aliphatic carbocycles. The number of likely N-dealkylation sites (tertiary alicyclic amines) is 1. The van der Waals surface area contributed by atoms with Crippen molar-refractivity contribution in [2.24, 2.45) is 23.5 Å². The topological polar surface area (TPSA) is 129 Å². The van der Waals surface area contributed by atoms with E-state index in [9.17, 15) is 19.5 Å². The number of carbonyl (C=O) groups is 2. The minimum Gasteiger partial charge on any atom is -0.508 e. The number of aromatic hydroxyl groups is 1. The summed E-state index contributed by atoms with van der Waals surface area (Å²) in [6.45, 7) is 10.4. The van der Waals surface area contributed by atoms with E-state index in [0.29, 0.717) is 18.9 Å². The zero-order valence-electron chi connectivity index (χ0n) is 24.3. The lowest BCUT2D eigenvalue weighted by Crippen LogP contribution is -2.59. The van der Waals surface area contributed by atoms with Crippen molar-refractivity contribution in [3.05, 3.63) is 62.6 Å². The molecule has 8 heteroatoms. The molecule has 0 bridgehead atoms. The molecule has 4 atom stereocenters. The second kappa shape index (κ2) is 11.0. The number of aryl methyl sites for hydroxylation is 1. The molecule has 40 heavy (non-hydrogen) atoms. The number of rotatable bonds is 8. The van der Waals surface area contributed by atoms with Gasteiger partial charge in [0.15, 0.2) is 0 Å². The fraction of sp³-hybridized carbons (Fsp3) is 0.594. The number of amides is 2. The average Bonchev–Trinajstić information content (AvgIpc) is 2.86. The molecular weight excluding hydrogens is 504 g/mol. The molecule has 1 aromatic carbocycles. The molecule has 2 heterocycles. The number of benzene rings is 1. The highest BCUT2D eigenvalue weighted by Gasteiger charge is 2.51. The standard InChI is InChI=1S/C32H44N4O4/c1-18(2)12-27(29(33)38)34-30(39)24-13-22-14-26-20(4)36(17-21-6-5-7-21)11-10-32(26,16-28(22)35-31(24)40)25-15-23(37)9-8-19(25)3/h8-9,13,15,18,20-21,26-27,37H,5-7,10-12,14,16-17H2,1-4H3,(H2,33,38)(H,34,39)(H,35,40). The Hall–Kier alpha value is -3.13. The number of aromatic amines is 1. The molecule has 216 valence electrons. The van der Waals surface area contributed by atoms with Crippen LogP contribution in [-0.2, 0) is 23.1 Å². The first-order valence-corrected chi connectivity index (χ1v) is 14.9. The number of hydrogen-bond donors (Lipinski definition) is 4. The van der Waals surface area contributed by atoms with Crippen LogP contribution in [0.25, 0.3) is 0 Å². The highest BCUT2D eigenvalue weighted by molar-refractivity contribution is 5.97. The Bertz CT molecular complexity index is 1350. The third-order valence-corrected chi connectivity index (χ3v) is 9.94. The van der Waals surface area contributed by atoms with Crippen molar-refractivity contribution in [1.82, 2.24) is 15.2 Å². The van der Waals surface area contributed by atoms with E-state index in [1.807, 2.05) is 26.0 Å². The summed E-state index contributed by atoms with van der Waals surface area (Å²) < 4.78 is 0. The summed E-state index contributed by atoms with van der Waals surface area (Å²) in [6, 6.07) is 6.84. The van der Waals surface area contributed by atoms with Gasteiger partial charge in [0, 0.05) is 23.7 Å². The Labute approximate surface area is 236 Å². The van der Waals surface area contributed by atoms with Gasteiger partial charge in [0.2, 0.25) is 5.91 Å². The van der Waals surface area contributed by atoms with Crippen LogP contribution in [-0.4, -0.2) is 52.0 Å². The Morgan fingerprint density at radius 1 is 1.25 bits per heavy atom. The molecule has 5 N–H and O–H groups in total. The van der Waals surface area contributed by atoms with Gasteiger partial charge in [0.25, 0.3) is 11.5 Å². The zero-order chi connectivity index (χ0) is 28.8. The van der Waals surface area contributed by atoms with Gasteiger partial charge >= 0.3 is 0 Å². The molecule has 1 saturated carbocycles. The predicted molar refractivity (Wildman–Crippen MR) is 155 cm³/mol. The van der Waals surface area contributed by atoms with E-state index in [-0.39, 0.29) is 28.6 Å². The third kappa shape index (κ3) is 5.30. The van der Waals surface area contributed by atoms with Crippen LogP contribution in [0.4, 0.5) is 0 Å². The number of carbonyl (C=O) groups excluding carboxylic acids is 2. The first-order valence-electron chi connectivity index (χ1n) is 14.9. The first-order chi connectivity index (χ1) is 19.0. The minimum atomic E-state index is -0.831. The number of phenols is 1. The second-order valence-corrected chi connectivity index (χ2v) is 13.0. The summed E-state index contributed by atoms with van der Waals surface area (Å²) in [5.41, 5.74) is 9.00. The van der Waals surface area contributed by atoms with Gasteiger partial charge in [0.05, 0.1) is 0 Å². The first kappa shape index (κ1) is 28.4. The normalized spacial score (nSPS) is 25.5. The number of H-pyrrole nitrogens is 1. The molecule has 5 rings (SSSR count). The van der Waals surface area contributed by atoms with E-state index in [1.54, 1.807) is 12.1 Å². The van der Waals surface area contributed by atoms with Crippen molar-refractivity contribution < 1.29 is 14.7 Å². The Morgan fingerprint density at radius 3 is 2.65 bits per heavy atom. The molecule has 1 saturated heterocycles. The average molecular weight is 549 g/mol. The second-order valence-electron chi connectivity index (χ2n) is 13.0. The monoisotopic (exact) mass is 548 g/mol. The molecule has 2 aromatic rings. The van der Waals surface area contributed by atoms with Crippen molar-refractivity contribution in [2.75, 3.05) is 13.1 Å². The number of hydrogen-bond acceptors (Lipinski definition) is 5. The van der Waals surface area contributed by atoms with Crippen molar-refractivity contribution in [3.63, 3.8) is 0 Å². The largest absolute Gasteiger partial charge is 0.508 e. The summed E-state index contributed by atoms with van der Waals surface area (Å²) >= 11 is 0. The van der Waals surface area contributed by atoms with E-state index in [4.69, 9.17) is 5.73 Å². The SMILES string of the molecule is Cc1ccc(O)cc1C12CCN(CC3CCC3)C(C)C1Cc1cc(C(=O)NC(CC(C)C)C(N)=O)c(=O)[nH]c1C2. The van der Waals surface area contributed by atoms with Gasteiger partial charge in [-0.15, -0.1) is 0 Å². The predicted octanol–water partition coefficient (Wildman–Crippen LogP) is 3.57. The van der Waals surface area contributed by atoms with Gasteiger partial charge in [0.1, 0.15) is 17.4 Å². The van der Waals surface area contributed by atoms with Crippen LogP contribution in [0.3, 0.4) is 0 Å². The van der Waals surface area contributed by atoms with Gasteiger partial charge < -0.3 is 26.0 Å². The molecule has 3 aliphatic rings. The fourth-order valence-corrected chi connectivity index (χ4v) is 7.50. The summed E-state index contributed by atoms with van der Waals surface area (Å²) in [5.74, 6) is 0.251.